The van der Waals surface area contributed by atoms with Gasteiger partial charge in [-0.2, -0.15) is 4.31 Å². The first-order valence-corrected chi connectivity index (χ1v) is 9.25. The Morgan fingerprint density at radius 1 is 1.17 bits per heavy atom. The fourth-order valence-corrected chi connectivity index (χ4v) is 4.71. The molecule has 1 saturated heterocycles. The van der Waals surface area contributed by atoms with Gasteiger partial charge in [0.15, 0.2) is 11.5 Å². The number of hydrogen-bond donors (Lipinski definition) is 1. The number of nitrogens with zero attached hydrogens (tertiary/aromatic N) is 1. The summed E-state index contributed by atoms with van der Waals surface area (Å²) in [6.07, 6.45) is 1.76. The SMILES string of the molecule is CNCC1CCN(S(=O)(=O)c2cc(OC)c(OC)cc2C)CC1.Cl. The Morgan fingerprint density at radius 2 is 1.71 bits per heavy atom. The highest BCUT2D eigenvalue weighted by atomic mass is 35.5. The standard InChI is InChI=1S/C16H26N2O4S.ClH/c1-12-9-14(21-3)15(22-4)10-16(12)23(19,20)18-7-5-13(6-8-18)11-17-2;/h9-10,13,17H,5-8,11H2,1-4H3;1H. The van der Waals surface area contributed by atoms with Gasteiger partial charge in [0.25, 0.3) is 0 Å². The van der Waals surface area contributed by atoms with Crippen LogP contribution in [0.3, 0.4) is 0 Å². The molecule has 1 fully saturated rings. The van der Waals surface area contributed by atoms with Crippen molar-refractivity contribution in [2.45, 2.75) is 24.7 Å². The first-order valence-electron chi connectivity index (χ1n) is 7.81. The van der Waals surface area contributed by atoms with E-state index >= 15 is 0 Å². The lowest BCUT2D eigenvalue weighted by molar-refractivity contribution is 0.270. The van der Waals surface area contributed by atoms with Gasteiger partial charge in [-0.05, 0) is 50.9 Å². The van der Waals surface area contributed by atoms with Crippen molar-refractivity contribution in [3.8, 4) is 11.5 Å². The maximum absolute atomic E-state index is 13.0. The van der Waals surface area contributed by atoms with Crippen LogP contribution in [0, 0.1) is 12.8 Å². The number of hydrogen-bond acceptors (Lipinski definition) is 5. The third kappa shape index (κ3) is 4.33. The molecule has 1 aliphatic rings. The fourth-order valence-electron chi connectivity index (χ4n) is 3.02. The topological polar surface area (TPSA) is 67.9 Å². The van der Waals surface area contributed by atoms with Crippen LogP contribution in [0.15, 0.2) is 17.0 Å². The number of benzene rings is 1. The molecule has 1 aliphatic heterocycles. The molecule has 2 rings (SSSR count). The van der Waals surface area contributed by atoms with Crippen LogP contribution in [0.1, 0.15) is 18.4 Å². The average molecular weight is 379 g/mol. The molecule has 1 heterocycles. The van der Waals surface area contributed by atoms with Gasteiger partial charge in [0.2, 0.25) is 10.0 Å². The summed E-state index contributed by atoms with van der Waals surface area (Å²) in [5.74, 6) is 1.51. The molecule has 0 atom stereocenters. The molecule has 138 valence electrons. The highest BCUT2D eigenvalue weighted by molar-refractivity contribution is 7.89. The predicted molar refractivity (Wildman–Crippen MR) is 96.9 cm³/mol. The molecule has 0 bridgehead atoms. The van der Waals surface area contributed by atoms with Gasteiger partial charge < -0.3 is 14.8 Å². The molecule has 1 aromatic rings. The molecule has 0 spiro atoms. The van der Waals surface area contributed by atoms with Gasteiger partial charge in [-0.25, -0.2) is 8.42 Å². The van der Waals surface area contributed by atoms with Gasteiger partial charge >= 0.3 is 0 Å². The van der Waals surface area contributed by atoms with Crippen molar-refractivity contribution in [3.63, 3.8) is 0 Å². The van der Waals surface area contributed by atoms with Crippen LogP contribution in [-0.4, -0.2) is 53.6 Å². The van der Waals surface area contributed by atoms with E-state index in [1.165, 1.54) is 14.2 Å². The Kier molecular flexibility index (Phi) is 7.79. The third-order valence-electron chi connectivity index (χ3n) is 4.37. The van der Waals surface area contributed by atoms with E-state index in [4.69, 9.17) is 9.47 Å². The molecule has 0 unspecified atom stereocenters. The van der Waals surface area contributed by atoms with Gasteiger partial charge in [0.05, 0.1) is 19.1 Å². The Labute approximate surface area is 151 Å². The Morgan fingerprint density at radius 3 is 2.21 bits per heavy atom. The monoisotopic (exact) mass is 378 g/mol. The summed E-state index contributed by atoms with van der Waals surface area (Å²) in [7, 11) is 1.46. The lowest BCUT2D eigenvalue weighted by Crippen LogP contribution is -2.40. The maximum Gasteiger partial charge on any atom is 0.243 e. The van der Waals surface area contributed by atoms with Gasteiger partial charge in [0, 0.05) is 19.2 Å². The molecule has 0 aromatic heterocycles. The molecule has 0 radical (unpaired) electrons. The summed E-state index contributed by atoms with van der Waals surface area (Å²) < 4.78 is 38.0. The quantitative estimate of drug-likeness (QED) is 0.820. The summed E-state index contributed by atoms with van der Waals surface area (Å²) >= 11 is 0. The van der Waals surface area contributed by atoms with E-state index in [-0.39, 0.29) is 12.4 Å². The first-order chi connectivity index (χ1) is 10.9. The molecular formula is C16H27ClN2O4S. The van der Waals surface area contributed by atoms with Gasteiger partial charge in [0.1, 0.15) is 0 Å². The van der Waals surface area contributed by atoms with Gasteiger partial charge in [-0.3, -0.25) is 0 Å². The van der Waals surface area contributed by atoms with E-state index in [0.29, 0.717) is 41.0 Å². The lowest BCUT2D eigenvalue weighted by Gasteiger charge is -2.31. The number of piperidine rings is 1. The van der Waals surface area contributed by atoms with Crippen molar-refractivity contribution < 1.29 is 17.9 Å². The molecule has 1 N–H and O–H groups in total. The number of aryl methyl sites for hydroxylation is 1. The van der Waals surface area contributed by atoms with E-state index in [9.17, 15) is 8.42 Å². The Hall–Kier alpha value is -1.02. The third-order valence-corrected chi connectivity index (χ3v) is 6.41. The second-order valence-corrected chi connectivity index (χ2v) is 7.78. The number of halogens is 1. The van der Waals surface area contributed by atoms with Crippen molar-refractivity contribution in [1.82, 2.24) is 9.62 Å². The number of nitrogens with one attached hydrogen (secondary N) is 1. The van der Waals surface area contributed by atoms with E-state index < -0.39 is 10.0 Å². The van der Waals surface area contributed by atoms with E-state index in [0.717, 1.165) is 19.4 Å². The van der Waals surface area contributed by atoms with Crippen molar-refractivity contribution in [2.75, 3.05) is 40.9 Å². The number of methoxy groups -OCH3 is 2. The molecule has 6 nitrogen and oxygen atoms in total. The number of ether oxygens (including phenoxy) is 2. The summed E-state index contributed by atoms with van der Waals surface area (Å²) in [6.45, 7) is 3.83. The van der Waals surface area contributed by atoms with Gasteiger partial charge in [-0.15, -0.1) is 12.4 Å². The molecule has 8 heteroatoms. The Balaban J connectivity index is 0.00000288. The smallest absolute Gasteiger partial charge is 0.243 e. The highest BCUT2D eigenvalue weighted by Gasteiger charge is 2.31. The van der Waals surface area contributed by atoms with Crippen LogP contribution in [0.2, 0.25) is 0 Å². The van der Waals surface area contributed by atoms with Crippen LogP contribution < -0.4 is 14.8 Å². The van der Waals surface area contributed by atoms with E-state index in [1.807, 2.05) is 7.05 Å². The number of rotatable bonds is 6. The zero-order chi connectivity index (χ0) is 17.0. The van der Waals surface area contributed by atoms with Crippen molar-refractivity contribution >= 4 is 22.4 Å². The average Bonchev–Trinajstić information content (AvgIpc) is 2.55. The molecule has 0 saturated carbocycles. The van der Waals surface area contributed by atoms with Crippen LogP contribution >= 0.6 is 12.4 Å². The van der Waals surface area contributed by atoms with E-state index in [2.05, 4.69) is 5.32 Å². The zero-order valence-electron chi connectivity index (χ0n) is 14.7. The van der Waals surface area contributed by atoms with Gasteiger partial charge in [-0.1, -0.05) is 0 Å². The van der Waals surface area contributed by atoms with Crippen molar-refractivity contribution in [3.05, 3.63) is 17.7 Å². The van der Waals surface area contributed by atoms with E-state index in [1.54, 1.807) is 23.4 Å². The highest BCUT2D eigenvalue weighted by Crippen LogP contribution is 2.34. The summed E-state index contributed by atoms with van der Waals surface area (Å²) in [6, 6.07) is 3.27. The van der Waals surface area contributed by atoms with Crippen LogP contribution in [0.4, 0.5) is 0 Å². The zero-order valence-corrected chi connectivity index (χ0v) is 16.3. The van der Waals surface area contributed by atoms with Crippen molar-refractivity contribution in [2.24, 2.45) is 5.92 Å². The minimum absolute atomic E-state index is 0. The largest absolute Gasteiger partial charge is 0.493 e. The molecule has 0 amide bonds. The minimum Gasteiger partial charge on any atom is -0.493 e. The summed E-state index contributed by atoms with van der Waals surface area (Å²) in [4.78, 5) is 0.294. The first kappa shape index (κ1) is 21.0. The fraction of sp³-hybridized carbons (Fsp3) is 0.625. The van der Waals surface area contributed by atoms with Crippen LogP contribution in [0.5, 0.6) is 11.5 Å². The predicted octanol–water partition coefficient (Wildman–Crippen LogP) is 2.05. The normalized spacial score (nSPS) is 16.5. The second kappa shape index (κ2) is 8.89. The van der Waals surface area contributed by atoms with Crippen molar-refractivity contribution in [1.29, 1.82) is 0 Å². The minimum atomic E-state index is -3.51. The molecule has 1 aromatic carbocycles. The van der Waals surface area contributed by atoms with Crippen LogP contribution in [-0.2, 0) is 10.0 Å². The van der Waals surface area contributed by atoms with Crippen LogP contribution in [0.25, 0.3) is 0 Å². The molecule has 0 aliphatic carbocycles. The second-order valence-electron chi connectivity index (χ2n) is 5.88. The summed E-state index contributed by atoms with van der Waals surface area (Å²) in [5, 5.41) is 3.16. The molecule has 24 heavy (non-hydrogen) atoms. The maximum atomic E-state index is 13.0. The Bertz CT molecular complexity index is 644. The lowest BCUT2D eigenvalue weighted by atomic mass is 9.98. The summed E-state index contributed by atoms with van der Waals surface area (Å²) in [5.41, 5.74) is 0.667. The molecular weight excluding hydrogens is 352 g/mol. The number of sulfonamides is 1.